The number of nitrogens with two attached hydrogens (primary N) is 2. The number of hydrogen-bond donors (Lipinski definition) is 3. The number of hydrogen-bond acceptors (Lipinski definition) is 12. The van der Waals surface area contributed by atoms with E-state index in [1.807, 2.05) is 11.6 Å². The van der Waals surface area contributed by atoms with Crippen LogP contribution in [0.25, 0.3) is 22.8 Å². The first-order valence-corrected chi connectivity index (χ1v) is 15.6. The molecule has 0 radical (unpaired) electrons. The van der Waals surface area contributed by atoms with Gasteiger partial charge in [0.2, 0.25) is 11.9 Å². The summed E-state index contributed by atoms with van der Waals surface area (Å²) in [5.41, 5.74) is 15.1. The van der Waals surface area contributed by atoms with Crippen molar-refractivity contribution in [2.45, 2.75) is 65.6 Å². The molecule has 4 aromatic rings. The molecule has 0 aliphatic carbocycles. The molecule has 16 heteroatoms. The summed E-state index contributed by atoms with van der Waals surface area (Å²) in [7, 11) is 1.86. The van der Waals surface area contributed by atoms with E-state index in [4.69, 9.17) is 20.9 Å². The minimum atomic E-state index is -0.655. The van der Waals surface area contributed by atoms with Crippen LogP contribution < -0.4 is 11.5 Å². The van der Waals surface area contributed by atoms with Gasteiger partial charge in [-0.1, -0.05) is 0 Å². The Morgan fingerprint density at radius 3 is 1.84 bits per heavy atom. The lowest BCUT2D eigenvalue weighted by Crippen LogP contribution is -2.44. The van der Waals surface area contributed by atoms with Gasteiger partial charge in [-0.3, -0.25) is 9.59 Å². The summed E-state index contributed by atoms with van der Waals surface area (Å²) in [5.74, 6) is -0.422. The van der Waals surface area contributed by atoms with Gasteiger partial charge in [-0.2, -0.15) is 0 Å². The number of carbonyl (C=O) groups is 4. The van der Waals surface area contributed by atoms with Gasteiger partial charge in [0.25, 0.3) is 11.8 Å². The molecule has 4 aromatic heterocycles. The fourth-order valence-electron chi connectivity index (χ4n) is 5.36. The molecule has 6 rings (SSSR count). The molecule has 0 fully saturated rings. The molecular weight excluding hydrogens is 632 g/mol. The van der Waals surface area contributed by atoms with Crippen LogP contribution in [0.3, 0.4) is 0 Å². The molecule has 0 aromatic carbocycles. The first kappa shape index (κ1) is 34.5. The summed E-state index contributed by atoms with van der Waals surface area (Å²) in [5, 5.41) is 0. The number of nitrogen functional groups attached to an aromatic ring is 2. The molecular formula is C33H40N10O6. The molecule has 0 saturated carbocycles. The molecule has 16 nitrogen and oxygen atoms in total. The van der Waals surface area contributed by atoms with Crippen molar-refractivity contribution in [1.82, 2.24) is 39.3 Å². The lowest BCUT2D eigenvalue weighted by molar-refractivity contribution is 0.0215. The van der Waals surface area contributed by atoms with Gasteiger partial charge in [-0.25, -0.2) is 39.3 Å². The highest BCUT2D eigenvalue weighted by Crippen LogP contribution is 2.29. The van der Waals surface area contributed by atoms with Crippen molar-refractivity contribution in [3.05, 3.63) is 59.2 Å². The Morgan fingerprint density at radius 1 is 0.776 bits per heavy atom. The number of anilines is 2. The molecule has 0 bridgehead atoms. The highest BCUT2D eigenvalue weighted by Gasteiger charge is 2.36. The van der Waals surface area contributed by atoms with Gasteiger partial charge in [0.15, 0.2) is 0 Å². The molecule has 2 aliphatic rings. The number of imide groups is 2. The zero-order valence-electron chi connectivity index (χ0n) is 28.5. The molecule has 0 atom stereocenters. The average Bonchev–Trinajstić information content (AvgIpc) is 3.59. The number of amides is 4. The van der Waals surface area contributed by atoms with Crippen LogP contribution in [-0.2, 0) is 29.4 Å². The SMILES string of the molecule is CC(C)(C)OC(=O)N1CCc2[nH]c(-c3ccnc(N)n3)cc2C1=O.Cn1c(-c2ccnc(N)n2)cc2c1CCN(C(=O)OC(C)(C)C)C2=O. The van der Waals surface area contributed by atoms with Crippen LogP contribution in [0.5, 0.6) is 0 Å². The Morgan fingerprint density at radius 2 is 1.29 bits per heavy atom. The first-order valence-electron chi connectivity index (χ1n) is 15.6. The van der Waals surface area contributed by atoms with Gasteiger partial charge < -0.3 is 30.5 Å². The fraction of sp³-hybridized carbons (Fsp3) is 0.394. The number of nitrogens with zero attached hydrogens (tertiary/aromatic N) is 7. The number of fused-ring (bicyclic) bond motifs is 2. The predicted molar refractivity (Wildman–Crippen MR) is 179 cm³/mol. The third-order valence-electron chi connectivity index (χ3n) is 7.48. The minimum Gasteiger partial charge on any atom is -0.443 e. The smallest absolute Gasteiger partial charge is 0.417 e. The predicted octanol–water partition coefficient (Wildman–Crippen LogP) is 3.99. The third kappa shape index (κ3) is 7.69. The van der Waals surface area contributed by atoms with Crippen molar-refractivity contribution < 1.29 is 28.7 Å². The molecule has 5 N–H and O–H groups in total. The van der Waals surface area contributed by atoms with E-state index in [2.05, 4.69) is 24.9 Å². The lowest BCUT2D eigenvalue weighted by Gasteiger charge is -2.28. The summed E-state index contributed by atoms with van der Waals surface area (Å²) < 4.78 is 12.5. The minimum absolute atomic E-state index is 0.154. The monoisotopic (exact) mass is 672 g/mol. The molecule has 0 saturated heterocycles. The number of rotatable bonds is 2. The quantitative estimate of drug-likeness (QED) is 0.275. The van der Waals surface area contributed by atoms with Crippen molar-refractivity contribution in [1.29, 1.82) is 0 Å². The van der Waals surface area contributed by atoms with E-state index in [9.17, 15) is 19.2 Å². The zero-order chi connectivity index (χ0) is 35.8. The Hall–Kier alpha value is -5.80. The normalized spacial score (nSPS) is 14.4. The van der Waals surface area contributed by atoms with E-state index in [-0.39, 0.29) is 36.8 Å². The second kappa shape index (κ2) is 13.0. The van der Waals surface area contributed by atoms with Crippen molar-refractivity contribution in [3.63, 3.8) is 0 Å². The molecule has 49 heavy (non-hydrogen) atoms. The second-order valence-corrected chi connectivity index (χ2v) is 13.5. The van der Waals surface area contributed by atoms with Crippen LogP contribution >= 0.6 is 0 Å². The number of aromatic amines is 1. The molecule has 258 valence electrons. The molecule has 6 heterocycles. The number of nitrogens with one attached hydrogen (secondary N) is 1. The van der Waals surface area contributed by atoms with Crippen LogP contribution in [0.4, 0.5) is 21.5 Å². The summed E-state index contributed by atoms with van der Waals surface area (Å²) in [6.45, 7) is 11.1. The third-order valence-corrected chi connectivity index (χ3v) is 7.48. The van der Waals surface area contributed by atoms with Crippen molar-refractivity contribution in [2.24, 2.45) is 7.05 Å². The topological polar surface area (TPSA) is 218 Å². The Bertz CT molecular complexity index is 1930. The van der Waals surface area contributed by atoms with Crippen molar-refractivity contribution in [3.8, 4) is 22.8 Å². The van der Waals surface area contributed by atoms with Crippen molar-refractivity contribution >= 4 is 35.9 Å². The van der Waals surface area contributed by atoms with Gasteiger partial charge in [-0.05, 0) is 65.8 Å². The molecule has 0 unspecified atom stereocenters. The van der Waals surface area contributed by atoms with Gasteiger partial charge in [0.05, 0.1) is 33.9 Å². The van der Waals surface area contributed by atoms with Crippen LogP contribution in [0.1, 0.15) is 73.6 Å². The van der Waals surface area contributed by atoms with Crippen LogP contribution in [-0.4, -0.2) is 87.6 Å². The maximum absolute atomic E-state index is 12.8. The summed E-state index contributed by atoms with van der Waals surface area (Å²) in [6, 6.07) is 6.84. The summed E-state index contributed by atoms with van der Waals surface area (Å²) in [6.07, 6.45) is 2.94. The van der Waals surface area contributed by atoms with Crippen LogP contribution in [0, 0.1) is 0 Å². The van der Waals surface area contributed by atoms with E-state index in [0.717, 1.165) is 26.9 Å². The Labute approximate surface area is 282 Å². The highest BCUT2D eigenvalue weighted by molar-refractivity contribution is 6.06. The molecule has 0 spiro atoms. The number of aromatic nitrogens is 6. The van der Waals surface area contributed by atoms with E-state index in [0.29, 0.717) is 41.1 Å². The summed E-state index contributed by atoms with van der Waals surface area (Å²) in [4.78, 5) is 71.3. The van der Waals surface area contributed by atoms with E-state index >= 15 is 0 Å². The van der Waals surface area contributed by atoms with Gasteiger partial charge in [0, 0.05) is 56.8 Å². The van der Waals surface area contributed by atoms with Gasteiger partial charge >= 0.3 is 12.2 Å². The lowest BCUT2D eigenvalue weighted by atomic mass is 10.1. The fourth-order valence-corrected chi connectivity index (χ4v) is 5.36. The average molecular weight is 673 g/mol. The maximum atomic E-state index is 12.8. The second-order valence-electron chi connectivity index (χ2n) is 13.5. The van der Waals surface area contributed by atoms with E-state index in [1.165, 1.54) is 0 Å². The Balaban J connectivity index is 0.000000191. The maximum Gasteiger partial charge on any atom is 0.417 e. The number of H-pyrrole nitrogens is 1. The first-order chi connectivity index (χ1) is 22.9. The molecule has 4 amide bonds. The van der Waals surface area contributed by atoms with Crippen molar-refractivity contribution in [2.75, 3.05) is 24.6 Å². The summed E-state index contributed by atoms with van der Waals surface area (Å²) >= 11 is 0. The van der Waals surface area contributed by atoms with E-state index < -0.39 is 23.4 Å². The zero-order valence-corrected chi connectivity index (χ0v) is 28.5. The Kier molecular flexibility index (Phi) is 9.17. The van der Waals surface area contributed by atoms with Crippen LogP contribution in [0.2, 0.25) is 0 Å². The standard InChI is InChI=1S/C17H21N5O3.C16H19N5O3/c1-17(2,3)25-16(24)22-8-6-12-10(14(22)23)9-13(21(12)4)11-5-7-19-15(18)20-11;1-16(2,3)24-15(23)21-7-5-10-9(13(21)22)8-12(19-10)11-4-6-18-14(17)20-11/h5,7,9H,6,8H2,1-4H3,(H2,18,19,20);4,6,8,19H,5,7H2,1-3H3,(H2,17,18,20). The van der Waals surface area contributed by atoms with Gasteiger partial charge in [0.1, 0.15) is 11.2 Å². The highest BCUT2D eigenvalue weighted by atomic mass is 16.6. The van der Waals surface area contributed by atoms with E-state index in [1.54, 1.807) is 78.2 Å². The van der Waals surface area contributed by atoms with Crippen LogP contribution in [0.15, 0.2) is 36.7 Å². The largest absolute Gasteiger partial charge is 0.443 e. The number of ether oxygens (including phenoxy) is 2. The van der Waals surface area contributed by atoms with Gasteiger partial charge in [-0.15, -0.1) is 0 Å². The molecule has 2 aliphatic heterocycles. The number of carbonyl (C=O) groups excluding carboxylic acids is 4.